The highest BCUT2D eigenvalue weighted by molar-refractivity contribution is 6.36. The molecule has 2 amide bonds. The Morgan fingerprint density at radius 2 is 1.78 bits per heavy atom. The SMILES string of the molecule is CC(=O)N[C@@H](CC(=O)OCC(=O)Nc1ccc(Cl)cc1Cl)c1ccccc1. The summed E-state index contributed by atoms with van der Waals surface area (Å²) in [7, 11) is 0. The number of amides is 2. The first-order chi connectivity index (χ1) is 12.8. The zero-order valence-corrected chi connectivity index (χ0v) is 16.0. The van der Waals surface area contributed by atoms with Crippen LogP contribution in [0.3, 0.4) is 0 Å². The van der Waals surface area contributed by atoms with Crippen molar-refractivity contribution >= 4 is 46.7 Å². The molecule has 0 spiro atoms. The first-order valence-corrected chi connectivity index (χ1v) is 8.83. The van der Waals surface area contributed by atoms with Gasteiger partial charge in [0, 0.05) is 11.9 Å². The van der Waals surface area contributed by atoms with Crippen LogP contribution in [0.4, 0.5) is 5.69 Å². The van der Waals surface area contributed by atoms with Gasteiger partial charge in [-0.3, -0.25) is 14.4 Å². The number of esters is 1. The average Bonchev–Trinajstić information content (AvgIpc) is 2.62. The van der Waals surface area contributed by atoms with Crippen LogP contribution in [-0.2, 0) is 19.1 Å². The molecule has 1 atom stereocenters. The Labute approximate surface area is 166 Å². The first kappa shape index (κ1) is 20.7. The summed E-state index contributed by atoms with van der Waals surface area (Å²) in [5.41, 5.74) is 1.13. The first-order valence-electron chi connectivity index (χ1n) is 8.07. The van der Waals surface area contributed by atoms with Crippen LogP contribution in [0.5, 0.6) is 0 Å². The van der Waals surface area contributed by atoms with Gasteiger partial charge in [-0.1, -0.05) is 53.5 Å². The Bertz CT molecular complexity index is 828. The van der Waals surface area contributed by atoms with E-state index in [0.29, 0.717) is 10.7 Å². The standard InChI is InChI=1S/C19H18Cl2N2O4/c1-12(24)22-17(13-5-3-2-4-6-13)10-19(26)27-11-18(25)23-16-8-7-14(20)9-15(16)21/h2-9,17H,10-11H2,1H3,(H,22,24)(H,23,25)/t17-/m0/s1. The second-order valence-corrected chi connectivity index (χ2v) is 6.54. The summed E-state index contributed by atoms with van der Waals surface area (Å²) in [6.45, 7) is 0.893. The van der Waals surface area contributed by atoms with Gasteiger partial charge in [0.25, 0.3) is 5.91 Å². The van der Waals surface area contributed by atoms with Crippen molar-refractivity contribution in [2.45, 2.75) is 19.4 Å². The second-order valence-electron chi connectivity index (χ2n) is 5.70. The molecular formula is C19H18Cl2N2O4. The van der Waals surface area contributed by atoms with Crippen molar-refractivity contribution in [2.24, 2.45) is 0 Å². The molecule has 6 nitrogen and oxygen atoms in total. The van der Waals surface area contributed by atoms with E-state index in [2.05, 4.69) is 10.6 Å². The van der Waals surface area contributed by atoms with E-state index in [9.17, 15) is 14.4 Å². The van der Waals surface area contributed by atoms with Gasteiger partial charge in [0.2, 0.25) is 5.91 Å². The van der Waals surface area contributed by atoms with Crippen molar-refractivity contribution in [1.29, 1.82) is 0 Å². The second kappa shape index (κ2) is 9.94. The van der Waals surface area contributed by atoms with Crippen LogP contribution >= 0.6 is 23.2 Å². The normalized spacial score (nSPS) is 11.4. The summed E-state index contributed by atoms with van der Waals surface area (Å²) in [5, 5.41) is 5.94. The summed E-state index contributed by atoms with van der Waals surface area (Å²) in [6, 6.07) is 13.1. The monoisotopic (exact) mass is 408 g/mol. The third-order valence-electron chi connectivity index (χ3n) is 3.52. The van der Waals surface area contributed by atoms with Gasteiger partial charge >= 0.3 is 5.97 Å². The Morgan fingerprint density at radius 3 is 2.41 bits per heavy atom. The lowest BCUT2D eigenvalue weighted by Crippen LogP contribution is -2.29. The Kier molecular flexibility index (Phi) is 7.64. The van der Waals surface area contributed by atoms with Gasteiger partial charge in [0.1, 0.15) is 0 Å². The van der Waals surface area contributed by atoms with Crippen molar-refractivity contribution < 1.29 is 19.1 Å². The number of hydrogen-bond donors (Lipinski definition) is 2. The smallest absolute Gasteiger partial charge is 0.308 e. The molecule has 0 heterocycles. The third kappa shape index (κ3) is 6.92. The summed E-state index contributed by atoms with van der Waals surface area (Å²) < 4.78 is 5.00. The lowest BCUT2D eigenvalue weighted by Gasteiger charge is -2.17. The van der Waals surface area contributed by atoms with E-state index in [-0.39, 0.29) is 17.4 Å². The minimum atomic E-state index is -0.616. The van der Waals surface area contributed by atoms with E-state index in [0.717, 1.165) is 5.56 Å². The molecule has 2 N–H and O–H groups in total. The molecule has 27 heavy (non-hydrogen) atoms. The molecule has 0 aliphatic heterocycles. The highest BCUT2D eigenvalue weighted by atomic mass is 35.5. The van der Waals surface area contributed by atoms with Crippen LogP contribution in [0.15, 0.2) is 48.5 Å². The van der Waals surface area contributed by atoms with Crippen molar-refractivity contribution in [2.75, 3.05) is 11.9 Å². The number of carbonyl (C=O) groups excluding carboxylic acids is 3. The number of hydrogen-bond acceptors (Lipinski definition) is 4. The number of carbonyl (C=O) groups is 3. The third-order valence-corrected chi connectivity index (χ3v) is 4.07. The average molecular weight is 409 g/mol. The molecule has 0 bridgehead atoms. The van der Waals surface area contributed by atoms with E-state index in [1.54, 1.807) is 36.4 Å². The van der Waals surface area contributed by atoms with Crippen LogP contribution in [0.25, 0.3) is 0 Å². The molecule has 2 aromatic rings. The largest absolute Gasteiger partial charge is 0.455 e. The van der Waals surface area contributed by atoms with E-state index in [1.807, 2.05) is 6.07 Å². The number of nitrogens with one attached hydrogen (secondary N) is 2. The highest BCUT2D eigenvalue weighted by Gasteiger charge is 2.19. The predicted molar refractivity (Wildman–Crippen MR) is 104 cm³/mol. The van der Waals surface area contributed by atoms with Gasteiger partial charge in [0.15, 0.2) is 6.61 Å². The number of halogens is 2. The van der Waals surface area contributed by atoms with Gasteiger partial charge in [-0.2, -0.15) is 0 Å². The van der Waals surface area contributed by atoms with Crippen molar-refractivity contribution in [3.63, 3.8) is 0 Å². The van der Waals surface area contributed by atoms with Gasteiger partial charge in [-0.25, -0.2) is 0 Å². The number of anilines is 1. The predicted octanol–water partition coefficient (Wildman–Crippen LogP) is 3.74. The quantitative estimate of drug-likeness (QED) is 0.683. The Balaban J connectivity index is 1.89. The van der Waals surface area contributed by atoms with Gasteiger partial charge in [0.05, 0.1) is 23.2 Å². The molecule has 142 valence electrons. The zero-order chi connectivity index (χ0) is 19.8. The minimum absolute atomic E-state index is 0.0986. The fraction of sp³-hybridized carbons (Fsp3) is 0.211. The van der Waals surface area contributed by atoms with Crippen molar-refractivity contribution in [1.82, 2.24) is 5.32 Å². The van der Waals surface area contributed by atoms with Gasteiger partial charge < -0.3 is 15.4 Å². The molecule has 8 heteroatoms. The topological polar surface area (TPSA) is 84.5 Å². The van der Waals surface area contributed by atoms with Crippen LogP contribution in [0.1, 0.15) is 24.9 Å². The molecule has 0 aliphatic rings. The molecule has 2 rings (SSSR count). The van der Waals surface area contributed by atoms with Crippen LogP contribution in [-0.4, -0.2) is 24.4 Å². The molecule has 0 radical (unpaired) electrons. The molecule has 0 aromatic heterocycles. The van der Waals surface area contributed by atoms with E-state index >= 15 is 0 Å². The van der Waals surface area contributed by atoms with Crippen LogP contribution in [0, 0.1) is 0 Å². The highest BCUT2D eigenvalue weighted by Crippen LogP contribution is 2.25. The van der Waals surface area contributed by atoms with E-state index in [1.165, 1.54) is 13.0 Å². The van der Waals surface area contributed by atoms with Crippen LogP contribution in [0.2, 0.25) is 10.0 Å². The van der Waals surface area contributed by atoms with Crippen molar-refractivity contribution in [3.8, 4) is 0 Å². The van der Waals surface area contributed by atoms with Crippen molar-refractivity contribution in [3.05, 3.63) is 64.1 Å². The Morgan fingerprint density at radius 1 is 1.07 bits per heavy atom. The fourth-order valence-electron chi connectivity index (χ4n) is 2.33. The maximum Gasteiger partial charge on any atom is 0.308 e. The number of ether oxygens (including phenoxy) is 1. The number of benzene rings is 2. The lowest BCUT2D eigenvalue weighted by atomic mass is 10.0. The molecule has 0 saturated carbocycles. The van der Waals surface area contributed by atoms with Crippen LogP contribution < -0.4 is 10.6 Å². The molecular weight excluding hydrogens is 391 g/mol. The summed E-state index contributed by atoms with van der Waals surface area (Å²) in [4.78, 5) is 35.4. The summed E-state index contributed by atoms with van der Waals surface area (Å²) in [5.74, 6) is -1.43. The summed E-state index contributed by atoms with van der Waals surface area (Å²) in [6.07, 6.45) is -0.0986. The summed E-state index contributed by atoms with van der Waals surface area (Å²) >= 11 is 11.8. The number of rotatable bonds is 7. The van der Waals surface area contributed by atoms with Gasteiger partial charge in [-0.15, -0.1) is 0 Å². The van der Waals surface area contributed by atoms with E-state index < -0.39 is 24.5 Å². The van der Waals surface area contributed by atoms with Gasteiger partial charge in [-0.05, 0) is 23.8 Å². The Hall–Kier alpha value is -2.57. The molecule has 0 saturated heterocycles. The molecule has 0 aliphatic carbocycles. The molecule has 0 fully saturated rings. The maximum absolute atomic E-state index is 12.1. The zero-order valence-electron chi connectivity index (χ0n) is 14.5. The minimum Gasteiger partial charge on any atom is -0.455 e. The van der Waals surface area contributed by atoms with E-state index in [4.69, 9.17) is 27.9 Å². The maximum atomic E-state index is 12.1. The lowest BCUT2D eigenvalue weighted by molar-refractivity contribution is -0.148. The fourth-order valence-corrected chi connectivity index (χ4v) is 2.79. The molecule has 2 aromatic carbocycles. The molecule has 0 unspecified atom stereocenters.